The molecular weight excluding hydrogens is 216 g/mol. The van der Waals surface area contributed by atoms with Crippen molar-refractivity contribution in [3.63, 3.8) is 0 Å². The third kappa shape index (κ3) is 1.29. The molecule has 2 heterocycles. The number of benzene rings is 1. The maximum atomic E-state index is 11.5. The van der Waals surface area contributed by atoms with Gasteiger partial charge in [0.25, 0.3) is 0 Å². The van der Waals surface area contributed by atoms with Crippen molar-refractivity contribution in [3.8, 4) is 0 Å². The molecule has 0 radical (unpaired) electrons. The Balaban J connectivity index is 2.08. The molecule has 1 aromatic heterocycles. The second-order valence-electron chi connectivity index (χ2n) is 4.95. The Labute approximate surface area is 98.0 Å². The fraction of sp³-hybridized carbons (Fsp3) is 0.357. The Hall–Kier alpha value is -1.61. The van der Waals surface area contributed by atoms with Gasteiger partial charge in [-0.2, -0.15) is 0 Å². The predicted octanol–water partition coefficient (Wildman–Crippen LogP) is 1.97. The molecule has 0 spiro atoms. The lowest BCUT2D eigenvalue weighted by Gasteiger charge is -2.14. The van der Waals surface area contributed by atoms with Crippen LogP contribution in [0.15, 0.2) is 27.4 Å². The predicted molar refractivity (Wildman–Crippen MR) is 63.3 cm³/mol. The van der Waals surface area contributed by atoms with E-state index in [1.807, 2.05) is 6.92 Å². The zero-order valence-corrected chi connectivity index (χ0v) is 9.53. The van der Waals surface area contributed by atoms with Gasteiger partial charge in [-0.05, 0) is 18.1 Å². The molecule has 3 heteroatoms. The van der Waals surface area contributed by atoms with E-state index in [4.69, 9.17) is 9.15 Å². The quantitative estimate of drug-likeness (QED) is 0.511. The highest BCUT2D eigenvalue weighted by atomic mass is 16.6. The van der Waals surface area contributed by atoms with Crippen LogP contribution in [0.3, 0.4) is 0 Å². The highest BCUT2D eigenvalue weighted by Crippen LogP contribution is 2.38. The van der Waals surface area contributed by atoms with Crippen molar-refractivity contribution in [2.24, 2.45) is 0 Å². The summed E-state index contributed by atoms with van der Waals surface area (Å²) in [5, 5.41) is 1.04. The SMILES string of the molecule is Cc1cc(=O)oc2c3c(ccc12)C[C@@H]1O[C@@H]1C3. The molecule has 1 fully saturated rings. The van der Waals surface area contributed by atoms with E-state index in [1.165, 1.54) is 11.1 Å². The Morgan fingerprint density at radius 1 is 1.24 bits per heavy atom. The summed E-state index contributed by atoms with van der Waals surface area (Å²) in [6.07, 6.45) is 2.58. The first kappa shape index (κ1) is 9.42. The molecule has 2 aromatic rings. The molecule has 3 nitrogen and oxygen atoms in total. The summed E-state index contributed by atoms with van der Waals surface area (Å²) in [6, 6.07) is 5.74. The molecule has 0 bridgehead atoms. The van der Waals surface area contributed by atoms with Gasteiger partial charge in [0.2, 0.25) is 0 Å². The average Bonchev–Trinajstić information content (AvgIpc) is 3.03. The first-order chi connectivity index (χ1) is 8.22. The molecule has 0 unspecified atom stereocenters. The normalized spacial score (nSPS) is 25.5. The van der Waals surface area contributed by atoms with E-state index >= 15 is 0 Å². The largest absolute Gasteiger partial charge is 0.422 e. The van der Waals surface area contributed by atoms with Crippen LogP contribution in [0.2, 0.25) is 0 Å². The van der Waals surface area contributed by atoms with Crippen LogP contribution < -0.4 is 5.63 Å². The number of ether oxygens (including phenoxy) is 1. The number of hydrogen-bond donors (Lipinski definition) is 0. The molecule has 1 saturated heterocycles. The van der Waals surface area contributed by atoms with Crippen LogP contribution in [-0.4, -0.2) is 12.2 Å². The highest BCUT2D eigenvalue weighted by Gasteiger charge is 2.43. The molecule has 2 atom stereocenters. The van der Waals surface area contributed by atoms with Crippen LogP contribution in [0, 0.1) is 6.92 Å². The van der Waals surface area contributed by atoms with Gasteiger partial charge in [0.1, 0.15) is 5.58 Å². The minimum absolute atomic E-state index is 0.262. The molecular formula is C14H12O3. The van der Waals surface area contributed by atoms with Crippen LogP contribution >= 0.6 is 0 Å². The van der Waals surface area contributed by atoms with Crippen LogP contribution in [-0.2, 0) is 17.6 Å². The Morgan fingerprint density at radius 2 is 2.06 bits per heavy atom. The Kier molecular flexibility index (Phi) is 1.66. The fourth-order valence-corrected chi connectivity index (χ4v) is 2.85. The lowest BCUT2D eigenvalue weighted by Crippen LogP contribution is -2.13. The van der Waals surface area contributed by atoms with Crippen LogP contribution in [0.5, 0.6) is 0 Å². The minimum Gasteiger partial charge on any atom is -0.422 e. The van der Waals surface area contributed by atoms with Crippen LogP contribution in [0.4, 0.5) is 0 Å². The molecule has 17 heavy (non-hydrogen) atoms. The third-order valence-corrected chi connectivity index (χ3v) is 3.83. The van der Waals surface area contributed by atoms with E-state index in [9.17, 15) is 4.79 Å². The van der Waals surface area contributed by atoms with Gasteiger partial charge in [-0.3, -0.25) is 0 Å². The highest BCUT2D eigenvalue weighted by molar-refractivity contribution is 5.84. The summed E-state index contributed by atoms with van der Waals surface area (Å²) in [4.78, 5) is 11.5. The van der Waals surface area contributed by atoms with Gasteiger partial charge < -0.3 is 9.15 Å². The second-order valence-corrected chi connectivity index (χ2v) is 4.95. The average molecular weight is 228 g/mol. The van der Waals surface area contributed by atoms with Crippen molar-refractivity contribution in [3.05, 3.63) is 45.3 Å². The molecule has 4 rings (SSSR count). The third-order valence-electron chi connectivity index (χ3n) is 3.83. The van der Waals surface area contributed by atoms with Gasteiger partial charge in [-0.1, -0.05) is 12.1 Å². The summed E-state index contributed by atoms with van der Waals surface area (Å²) in [7, 11) is 0. The smallest absolute Gasteiger partial charge is 0.336 e. The molecule has 1 aromatic carbocycles. The number of fused-ring (bicyclic) bond motifs is 4. The second kappa shape index (κ2) is 2.99. The van der Waals surface area contributed by atoms with Gasteiger partial charge in [0, 0.05) is 29.9 Å². The van der Waals surface area contributed by atoms with Gasteiger partial charge in [-0.15, -0.1) is 0 Å². The summed E-state index contributed by atoms with van der Waals surface area (Å²) in [5.41, 5.74) is 3.92. The topological polar surface area (TPSA) is 42.7 Å². The van der Waals surface area contributed by atoms with Gasteiger partial charge in [-0.25, -0.2) is 4.79 Å². The maximum absolute atomic E-state index is 11.5. The summed E-state index contributed by atoms with van der Waals surface area (Å²) >= 11 is 0. The molecule has 1 aliphatic heterocycles. The zero-order chi connectivity index (χ0) is 11.6. The van der Waals surface area contributed by atoms with E-state index < -0.39 is 0 Å². The number of epoxide rings is 1. The van der Waals surface area contributed by atoms with Crippen LogP contribution in [0.1, 0.15) is 16.7 Å². The molecule has 0 amide bonds. The van der Waals surface area contributed by atoms with E-state index in [0.717, 1.165) is 29.4 Å². The first-order valence-electron chi connectivity index (χ1n) is 5.93. The summed E-state index contributed by atoms with van der Waals surface area (Å²) in [5.74, 6) is 0. The van der Waals surface area contributed by atoms with E-state index in [2.05, 4.69) is 12.1 Å². The van der Waals surface area contributed by atoms with E-state index in [0.29, 0.717) is 12.2 Å². The summed E-state index contributed by atoms with van der Waals surface area (Å²) < 4.78 is 10.9. The van der Waals surface area contributed by atoms with Gasteiger partial charge in [0.15, 0.2) is 0 Å². The van der Waals surface area contributed by atoms with Gasteiger partial charge in [0.05, 0.1) is 12.2 Å². The minimum atomic E-state index is -0.262. The molecule has 2 aliphatic rings. The Bertz CT molecular complexity index is 684. The zero-order valence-electron chi connectivity index (χ0n) is 9.53. The lowest BCUT2D eigenvalue weighted by molar-refractivity contribution is 0.375. The maximum Gasteiger partial charge on any atom is 0.336 e. The monoisotopic (exact) mass is 228 g/mol. The van der Waals surface area contributed by atoms with Crippen molar-refractivity contribution in [1.82, 2.24) is 0 Å². The van der Waals surface area contributed by atoms with Gasteiger partial charge >= 0.3 is 5.63 Å². The van der Waals surface area contributed by atoms with E-state index in [-0.39, 0.29) is 5.63 Å². The van der Waals surface area contributed by atoms with Crippen molar-refractivity contribution in [1.29, 1.82) is 0 Å². The fourth-order valence-electron chi connectivity index (χ4n) is 2.85. The van der Waals surface area contributed by atoms with Crippen molar-refractivity contribution >= 4 is 11.0 Å². The number of hydrogen-bond acceptors (Lipinski definition) is 3. The van der Waals surface area contributed by atoms with Crippen molar-refractivity contribution in [2.75, 3.05) is 0 Å². The summed E-state index contributed by atoms with van der Waals surface area (Å²) in [6.45, 7) is 1.95. The molecule has 1 aliphatic carbocycles. The first-order valence-corrected chi connectivity index (χ1v) is 5.93. The number of rotatable bonds is 0. The van der Waals surface area contributed by atoms with Crippen molar-refractivity contribution in [2.45, 2.75) is 32.0 Å². The molecule has 0 saturated carbocycles. The van der Waals surface area contributed by atoms with Crippen LogP contribution in [0.25, 0.3) is 11.0 Å². The van der Waals surface area contributed by atoms with E-state index in [1.54, 1.807) is 6.07 Å². The molecule has 0 N–H and O–H groups in total. The molecule has 86 valence electrons. The van der Waals surface area contributed by atoms with Crippen molar-refractivity contribution < 1.29 is 9.15 Å². The lowest BCUT2D eigenvalue weighted by atomic mass is 9.89. The number of aryl methyl sites for hydroxylation is 1. The Morgan fingerprint density at radius 3 is 2.94 bits per heavy atom. The standard InChI is InChI=1S/C14H12O3/c1-7-4-13(15)17-14-9(7)3-2-8-5-11-12(16-11)6-10(8)14/h2-4,11-12H,5-6H2,1H3/t11-,12+/m0/s1.